The minimum absolute atomic E-state index is 0.253. The maximum Gasteiger partial charge on any atom is 0.190 e. The average Bonchev–Trinajstić information content (AvgIpc) is 3.01. The Kier molecular flexibility index (Phi) is 4.33. The molecule has 1 aromatic rings. The van der Waals surface area contributed by atoms with Crippen molar-refractivity contribution in [3.05, 3.63) is 29.8 Å². The van der Waals surface area contributed by atoms with Gasteiger partial charge in [0.25, 0.3) is 0 Å². The van der Waals surface area contributed by atoms with Crippen LogP contribution >= 0.6 is 11.8 Å². The van der Waals surface area contributed by atoms with Gasteiger partial charge in [-0.3, -0.25) is 0 Å². The molecule has 0 radical (unpaired) electrons. The summed E-state index contributed by atoms with van der Waals surface area (Å²) in [5.74, 6) is 5.97. The maximum atomic E-state index is 10.6. The third-order valence-corrected chi connectivity index (χ3v) is 5.45. The fourth-order valence-electron chi connectivity index (χ4n) is 3.24. The first kappa shape index (κ1) is 16.4. The van der Waals surface area contributed by atoms with Crippen LogP contribution in [0.5, 0.6) is 0 Å². The van der Waals surface area contributed by atoms with Gasteiger partial charge in [-0.1, -0.05) is 24.0 Å². The molecule has 0 spiro atoms. The van der Waals surface area contributed by atoms with Gasteiger partial charge in [0.1, 0.15) is 24.9 Å². The van der Waals surface area contributed by atoms with Crippen LogP contribution in [0.2, 0.25) is 0 Å². The lowest BCUT2D eigenvalue weighted by Gasteiger charge is -2.28. The van der Waals surface area contributed by atoms with Crippen molar-refractivity contribution in [1.82, 2.24) is 0 Å². The minimum Gasteiger partial charge on any atom is -0.389 e. The fourth-order valence-corrected chi connectivity index (χ4v) is 4.23. The van der Waals surface area contributed by atoms with Gasteiger partial charge in [0.15, 0.2) is 12.1 Å². The molecule has 0 unspecified atom stereocenters. The summed E-state index contributed by atoms with van der Waals surface area (Å²) in [6, 6.07) is 7.91. The Balaban J connectivity index is 1.58. The van der Waals surface area contributed by atoms with Crippen molar-refractivity contribution in [2.24, 2.45) is 0 Å². The van der Waals surface area contributed by atoms with E-state index in [1.54, 1.807) is 11.8 Å². The predicted molar refractivity (Wildman–Crippen MR) is 88.5 cm³/mol. The number of fused-ring (bicyclic) bond motifs is 4. The molecule has 3 aliphatic heterocycles. The standard InChI is InChI=1S/C18H20O5S/c1-18(2)22-16-15-14(21-17(16)23-18)12(19)10-24-13-8-4-3-6-11(13)7-5-9-20-15/h3-4,6,8,12,14-17,19H,9-10H2,1-2H3/t12-,14-,15-,16-,17-/m1/s1. The number of rotatable bonds is 0. The number of ether oxygens (including phenoxy) is 4. The lowest BCUT2D eigenvalue weighted by atomic mass is 10.1. The van der Waals surface area contributed by atoms with E-state index in [1.807, 2.05) is 38.1 Å². The summed E-state index contributed by atoms with van der Waals surface area (Å²) >= 11 is 1.57. The Morgan fingerprint density at radius 3 is 2.88 bits per heavy atom. The Labute approximate surface area is 145 Å². The Bertz CT molecular complexity index is 679. The average molecular weight is 348 g/mol. The molecule has 24 heavy (non-hydrogen) atoms. The van der Waals surface area contributed by atoms with Crippen molar-refractivity contribution in [1.29, 1.82) is 0 Å². The first-order valence-electron chi connectivity index (χ1n) is 8.05. The molecule has 4 rings (SSSR count). The molecule has 1 aromatic carbocycles. The molecule has 6 heteroatoms. The van der Waals surface area contributed by atoms with Crippen LogP contribution in [-0.2, 0) is 18.9 Å². The quantitative estimate of drug-likeness (QED) is 0.721. The lowest BCUT2D eigenvalue weighted by molar-refractivity contribution is -0.227. The summed E-state index contributed by atoms with van der Waals surface area (Å²) < 4.78 is 23.5. The maximum absolute atomic E-state index is 10.6. The third kappa shape index (κ3) is 3.08. The van der Waals surface area contributed by atoms with Crippen LogP contribution in [-0.4, -0.2) is 54.0 Å². The van der Waals surface area contributed by atoms with Crippen LogP contribution in [0.15, 0.2) is 29.2 Å². The number of aliphatic hydroxyl groups is 1. The highest BCUT2D eigenvalue weighted by Crippen LogP contribution is 2.40. The van der Waals surface area contributed by atoms with E-state index in [9.17, 15) is 5.11 Å². The van der Waals surface area contributed by atoms with Crippen LogP contribution < -0.4 is 0 Å². The van der Waals surface area contributed by atoms with E-state index in [0.717, 1.165) is 10.5 Å². The van der Waals surface area contributed by atoms with E-state index in [1.165, 1.54) is 0 Å². The molecular weight excluding hydrogens is 328 g/mol. The van der Waals surface area contributed by atoms with Gasteiger partial charge < -0.3 is 24.1 Å². The van der Waals surface area contributed by atoms with Crippen molar-refractivity contribution in [2.45, 2.75) is 55.2 Å². The van der Waals surface area contributed by atoms with Gasteiger partial charge in [-0.15, -0.1) is 11.8 Å². The van der Waals surface area contributed by atoms with Crippen molar-refractivity contribution in [2.75, 3.05) is 12.4 Å². The third-order valence-electron chi connectivity index (χ3n) is 4.27. The van der Waals surface area contributed by atoms with Gasteiger partial charge in [-0.05, 0) is 26.0 Å². The topological polar surface area (TPSA) is 57.2 Å². The molecule has 128 valence electrons. The number of hydrogen-bond acceptors (Lipinski definition) is 6. The lowest BCUT2D eigenvalue weighted by Crippen LogP contribution is -2.43. The largest absolute Gasteiger partial charge is 0.389 e. The highest BCUT2D eigenvalue weighted by molar-refractivity contribution is 7.99. The second-order valence-corrected chi connectivity index (χ2v) is 7.58. The van der Waals surface area contributed by atoms with Gasteiger partial charge >= 0.3 is 0 Å². The highest BCUT2D eigenvalue weighted by Gasteiger charge is 2.57. The Morgan fingerprint density at radius 1 is 1.17 bits per heavy atom. The van der Waals surface area contributed by atoms with Crippen LogP contribution in [0.4, 0.5) is 0 Å². The van der Waals surface area contributed by atoms with E-state index in [0.29, 0.717) is 5.75 Å². The number of benzene rings is 1. The zero-order chi connectivity index (χ0) is 16.7. The van der Waals surface area contributed by atoms with E-state index >= 15 is 0 Å². The molecular formula is C18H20O5S. The zero-order valence-corrected chi connectivity index (χ0v) is 14.4. The number of thioether (sulfide) groups is 1. The molecule has 1 N–H and O–H groups in total. The van der Waals surface area contributed by atoms with Crippen molar-refractivity contribution < 1.29 is 24.1 Å². The molecule has 2 saturated heterocycles. The molecule has 5 atom stereocenters. The van der Waals surface area contributed by atoms with Gasteiger partial charge in [0.2, 0.25) is 0 Å². The highest BCUT2D eigenvalue weighted by atomic mass is 32.2. The molecule has 3 heterocycles. The molecule has 0 amide bonds. The molecule has 5 nitrogen and oxygen atoms in total. The summed E-state index contributed by atoms with van der Waals surface area (Å²) in [4.78, 5) is 1.05. The summed E-state index contributed by atoms with van der Waals surface area (Å²) in [5.41, 5.74) is 0.950. The molecule has 0 saturated carbocycles. The first-order chi connectivity index (χ1) is 11.5. The summed E-state index contributed by atoms with van der Waals surface area (Å²) in [7, 11) is 0. The normalized spacial score (nSPS) is 37.4. The van der Waals surface area contributed by atoms with E-state index in [4.69, 9.17) is 18.9 Å². The zero-order valence-electron chi connectivity index (χ0n) is 13.6. The second-order valence-electron chi connectivity index (χ2n) is 6.52. The molecule has 0 aliphatic carbocycles. The molecule has 2 fully saturated rings. The van der Waals surface area contributed by atoms with Crippen molar-refractivity contribution >= 4 is 11.8 Å². The van der Waals surface area contributed by atoms with Gasteiger partial charge in [-0.25, -0.2) is 0 Å². The van der Waals surface area contributed by atoms with Crippen molar-refractivity contribution in [3.63, 3.8) is 0 Å². The predicted octanol–water partition coefficient (Wildman–Crippen LogP) is 1.77. The van der Waals surface area contributed by atoms with E-state index in [-0.39, 0.29) is 12.7 Å². The van der Waals surface area contributed by atoms with Crippen LogP contribution in [0.25, 0.3) is 0 Å². The van der Waals surface area contributed by atoms with Gasteiger partial charge in [-0.2, -0.15) is 0 Å². The molecule has 0 bridgehead atoms. The van der Waals surface area contributed by atoms with E-state index in [2.05, 4.69) is 11.8 Å². The van der Waals surface area contributed by atoms with Gasteiger partial charge in [0, 0.05) is 16.2 Å². The summed E-state index contributed by atoms with van der Waals surface area (Å²) in [5, 5.41) is 10.6. The smallest absolute Gasteiger partial charge is 0.190 e. The number of hydrogen-bond donors (Lipinski definition) is 1. The SMILES string of the molecule is CC1(C)O[C@H]2O[C@H]3[C@@H](OCC#Cc4ccccc4SC[C@H]3O)[C@H]2O1. The van der Waals surface area contributed by atoms with Crippen LogP contribution in [0.1, 0.15) is 19.4 Å². The van der Waals surface area contributed by atoms with Gasteiger partial charge in [0.05, 0.1) is 6.10 Å². The molecule has 0 aromatic heterocycles. The fraction of sp³-hybridized carbons (Fsp3) is 0.556. The van der Waals surface area contributed by atoms with E-state index < -0.39 is 30.4 Å². The summed E-state index contributed by atoms with van der Waals surface area (Å²) in [6.45, 7) is 3.94. The minimum atomic E-state index is -0.711. The number of aliphatic hydroxyl groups excluding tert-OH is 1. The Morgan fingerprint density at radius 2 is 2.00 bits per heavy atom. The summed E-state index contributed by atoms with van der Waals surface area (Å²) in [6.07, 6.45) is -2.45. The molecule has 3 aliphatic rings. The van der Waals surface area contributed by atoms with Crippen LogP contribution in [0.3, 0.4) is 0 Å². The monoisotopic (exact) mass is 348 g/mol. The Hall–Kier alpha value is -1.07. The second kappa shape index (κ2) is 6.34. The first-order valence-corrected chi connectivity index (χ1v) is 9.03. The van der Waals surface area contributed by atoms with Crippen molar-refractivity contribution in [3.8, 4) is 11.8 Å². The van der Waals surface area contributed by atoms with Crippen LogP contribution in [0, 0.1) is 11.8 Å².